The molecule has 12 heavy (non-hydrogen) atoms. The van der Waals surface area contributed by atoms with Gasteiger partial charge in [0.2, 0.25) is 0 Å². The summed E-state index contributed by atoms with van der Waals surface area (Å²) in [5.41, 5.74) is 0. The Balaban J connectivity index is 1.75. The number of rotatable bonds is 1. The Morgan fingerprint density at radius 2 is 1.67 bits per heavy atom. The molecule has 0 aromatic rings. The van der Waals surface area contributed by atoms with Gasteiger partial charge in [-0.15, -0.1) is 0 Å². The molecule has 0 radical (unpaired) electrons. The number of likely N-dealkylation sites (tertiary alicyclic amines) is 1. The molecule has 1 heterocycles. The van der Waals surface area contributed by atoms with E-state index < -0.39 is 0 Å². The van der Waals surface area contributed by atoms with Gasteiger partial charge in [-0.3, -0.25) is 0 Å². The van der Waals surface area contributed by atoms with Gasteiger partial charge in [0, 0.05) is 0 Å². The largest absolute Gasteiger partial charge is 0.393 e. The summed E-state index contributed by atoms with van der Waals surface area (Å²) in [5, 5.41) is 9.19. The Kier molecular flexibility index (Phi) is 2.37. The van der Waals surface area contributed by atoms with Crippen LogP contribution in [-0.4, -0.2) is 36.2 Å². The first-order valence-corrected chi connectivity index (χ1v) is 5.12. The van der Waals surface area contributed by atoms with Crippen molar-refractivity contribution in [1.29, 1.82) is 0 Å². The van der Waals surface area contributed by atoms with Crippen LogP contribution in [0.15, 0.2) is 0 Å². The van der Waals surface area contributed by atoms with Crippen molar-refractivity contribution in [3.05, 3.63) is 0 Å². The summed E-state index contributed by atoms with van der Waals surface area (Å²) in [4.78, 5) is 2.41. The molecule has 1 saturated heterocycles. The van der Waals surface area contributed by atoms with E-state index in [2.05, 4.69) is 11.9 Å². The minimum Gasteiger partial charge on any atom is -0.393 e. The zero-order valence-corrected chi connectivity index (χ0v) is 7.87. The van der Waals surface area contributed by atoms with E-state index >= 15 is 0 Å². The molecule has 2 nitrogen and oxygen atoms in total. The molecule has 1 N–H and O–H groups in total. The van der Waals surface area contributed by atoms with E-state index in [9.17, 15) is 5.11 Å². The number of aliphatic hydroxyl groups excluding tert-OH is 1. The number of aliphatic hydroxyl groups is 1. The van der Waals surface area contributed by atoms with Crippen molar-refractivity contribution in [3.63, 3.8) is 0 Å². The third kappa shape index (κ3) is 1.64. The van der Waals surface area contributed by atoms with Crippen LogP contribution in [0.2, 0.25) is 0 Å². The van der Waals surface area contributed by atoms with Gasteiger partial charge in [0.1, 0.15) is 0 Å². The van der Waals surface area contributed by atoms with Crippen molar-refractivity contribution < 1.29 is 5.11 Å². The van der Waals surface area contributed by atoms with E-state index in [4.69, 9.17) is 0 Å². The molecule has 0 atom stereocenters. The van der Waals surface area contributed by atoms with E-state index in [1.54, 1.807) is 0 Å². The van der Waals surface area contributed by atoms with Gasteiger partial charge in [-0.1, -0.05) is 0 Å². The van der Waals surface area contributed by atoms with E-state index in [1.807, 2.05) is 0 Å². The zero-order valence-electron chi connectivity index (χ0n) is 7.87. The highest BCUT2D eigenvalue weighted by atomic mass is 16.3. The predicted molar refractivity (Wildman–Crippen MR) is 49.0 cm³/mol. The average Bonchev–Trinajstić information content (AvgIpc) is 2.01. The van der Waals surface area contributed by atoms with Gasteiger partial charge in [0.25, 0.3) is 0 Å². The van der Waals surface area contributed by atoms with E-state index in [0.29, 0.717) is 0 Å². The number of hydrogen-bond donors (Lipinski definition) is 1. The highest BCUT2D eigenvalue weighted by molar-refractivity contribution is 4.86. The molecule has 1 aliphatic heterocycles. The molecule has 2 aliphatic rings. The second-order valence-electron chi connectivity index (χ2n) is 4.53. The fraction of sp³-hybridized carbons (Fsp3) is 1.00. The molecular formula is C10H19NO. The summed E-state index contributed by atoms with van der Waals surface area (Å²) in [6, 6.07) is 0. The Morgan fingerprint density at radius 1 is 1.08 bits per heavy atom. The third-order valence-corrected chi connectivity index (χ3v) is 3.58. The van der Waals surface area contributed by atoms with Crippen molar-refractivity contribution in [2.24, 2.45) is 11.8 Å². The third-order valence-electron chi connectivity index (χ3n) is 3.58. The fourth-order valence-electron chi connectivity index (χ4n) is 2.51. The predicted octanol–water partition coefficient (Wildman–Crippen LogP) is 1.10. The van der Waals surface area contributed by atoms with Crippen LogP contribution in [0.25, 0.3) is 0 Å². The summed E-state index contributed by atoms with van der Waals surface area (Å²) in [6.07, 6.45) is 4.90. The van der Waals surface area contributed by atoms with Crippen LogP contribution >= 0.6 is 0 Å². The summed E-state index contributed by atoms with van der Waals surface area (Å²) in [7, 11) is 2.20. The van der Waals surface area contributed by atoms with Crippen LogP contribution in [0.5, 0.6) is 0 Å². The molecule has 0 aromatic heterocycles. The Bertz CT molecular complexity index is 146. The van der Waals surface area contributed by atoms with Crippen molar-refractivity contribution in [1.82, 2.24) is 4.90 Å². The first-order chi connectivity index (χ1) is 5.75. The average molecular weight is 169 g/mol. The highest BCUT2D eigenvalue weighted by Gasteiger charge is 2.34. The van der Waals surface area contributed by atoms with Crippen LogP contribution in [0.1, 0.15) is 25.7 Å². The maximum atomic E-state index is 9.19. The summed E-state index contributed by atoms with van der Waals surface area (Å²) in [5.74, 6) is 1.78. The molecule has 0 unspecified atom stereocenters. The molecule has 1 aliphatic carbocycles. The SMILES string of the molecule is CN1CCC(C2CC(O)C2)CC1. The van der Waals surface area contributed by atoms with Crippen molar-refractivity contribution in [2.45, 2.75) is 31.8 Å². The normalized spacial score (nSPS) is 39.5. The van der Waals surface area contributed by atoms with Crippen LogP contribution in [-0.2, 0) is 0 Å². The maximum absolute atomic E-state index is 9.19. The Labute approximate surface area is 74.6 Å². The number of hydrogen-bond acceptors (Lipinski definition) is 2. The highest BCUT2D eigenvalue weighted by Crippen LogP contribution is 2.38. The molecule has 0 bridgehead atoms. The van der Waals surface area contributed by atoms with Gasteiger partial charge in [0.05, 0.1) is 6.10 Å². The monoisotopic (exact) mass is 169 g/mol. The molecule has 1 saturated carbocycles. The fourth-order valence-corrected chi connectivity index (χ4v) is 2.51. The van der Waals surface area contributed by atoms with Crippen LogP contribution in [0, 0.1) is 11.8 Å². The lowest BCUT2D eigenvalue weighted by Crippen LogP contribution is -2.39. The van der Waals surface area contributed by atoms with Gasteiger partial charge in [0.15, 0.2) is 0 Å². The lowest BCUT2D eigenvalue weighted by Gasteiger charge is -2.41. The van der Waals surface area contributed by atoms with Gasteiger partial charge in [-0.05, 0) is 57.7 Å². The van der Waals surface area contributed by atoms with Gasteiger partial charge < -0.3 is 10.0 Å². The van der Waals surface area contributed by atoms with Crippen LogP contribution in [0.3, 0.4) is 0 Å². The second kappa shape index (κ2) is 3.35. The number of nitrogens with zero attached hydrogens (tertiary/aromatic N) is 1. The Morgan fingerprint density at radius 3 is 2.17 bits per heavy atom. The topological polar surface area (TPSA) is 23.5 Å². The van der Waals surface area contributed by atoms with E-state index in [-0.39, 0.29) is 6.10 Å². The van der Waals surface area contributed by atoms with E-state index in [0.717, 1.165) is 24.7 Å². The van der Waals surface area contributed by atoms with Gasteiger partial charge in [-0.25, -0.2) is 0 Å². The lowest BCUT2D eigenvalue weighted by atomic mass is 9.70. The number of piperidine rings is 1. The molecule has 0 spiro atoms. The van der Waals surface area contributed by atoms with Crippen LogP contribution < -0.4 is 0 Å². The smallest absolute Gasteiger partial charge is 0.0545 e. The molecule has 70 valence electrons. The lowest BCUT2D eigenvalue weighted by molar-refractivity contribution is -0.00111. The minimum absolute atomic E-state index is 0.0367. The molecule has 2 fully saturated rings. The molecule has 2 rings (SSSR count). The quantitative estimate of drug-likeness (QED) is 0.635. The minimum atomic E-state index is 0.0367. The van der Waals surface area contributed by atoms with Crippen LogP contribution in [0.4, 0.5) is 0 Å². The van der Waals surface area contributed by atoms with E-state index in [1.165, 1.54) is 25.9 Å². The zero-order chi connectivity index (χ0) is 8.55. The molecule has 0 amide bonds. The molecular weight excluding hydrogens is 150 g/mol. The standard InChI is InChI=1S/C10H19NO/c1-11-4-2-8(3-5-11)9-6-10(12)7-9/h8-10,12H,2-7H2,1H3. The van der Waals surface area contributed by atoms with Gasteiger partial charge in [-0.2, -0.15) is 0 Å². The first kappa shape index (κ1) is 8.52. The van der Waals surface area contributed by atoms with Gasteiger partial charge >= 0.3 is 0 Å². The second-order valence-corrected chi connectivity index (χ2v) is 4.53. The molecule has 2 heteroatoms. The first-order valence-electron chi connectivity index (χ1n) is 5.12. The summed E-state index contributed by atoms with van der Waals surface area (Å²) >= 11 is 0. The Hall–Kier alpha value is -0.0800. The summed E-state index contributed by atoms with van der Waals surface area (Å²) < 4.78 is 0. The summed E-state index contributed by atoms with van der Waals surface area (Å²) in [6.45, 7) is 2.52. The molecule has 0 aromatic carbocycles. The van der Waals surface area contributed by atoms with Crippen molar-refractivity contribution >= 4 is 0 Å². The van der Waals surface area contributed by atoms with Crippen molar-refractivity contribution in [3.8, 4) is 0 Å². The maximum Gasteiger partial charge on any atom is 0.0545 e. The van der Waals surface area contributed by atoms with Crippen molar-refractivity contribution in [2.75, 3.05) is 20.1 Å².